The van der Waals surface area contributed by atoms with Gasteiger partial charge in [0.05, 0.1) is 0 Å². The number of benzene rings is 2. The number of para-hydroxylation sites is 1. The molecule has 0 unspecified atom stereocenters. The molecular formula is C18H19NO. The lowest BCUT2D eigenvalue weighted by Gasteiger charge is -2.23. The number of anilines is 1. The molecule has 0 aromatic heterocycles. The standard InChI is InChI=1S/C18H19NO/c1-2-19(18-11-4-3-5-12-18)15-17-9-6-8-16(14-17)10-7-13-20/h3-6,8-9,11-12,14,20H,2,13,15H2,1H3. The lowest BCUT2D eigenvalue weighted by molar-refractivity contribution is 0.350. The van der Waals surface area contributed by atoms with Crippen LogP contribution in [0.25, 0.3) is 0 Å². The maximum absolute atomic E-state index is 8.75. The summed E-state index contributed by atoms with van der Waals surface area (Å²) in [7, 11) is 0. The van der Waals surface area contributed by atoms with Crippen molar-refractivity contribution in [3.05, 3.63) is 65.7 Å². The van der Waals surface area contributed by atoms with Gasteiger partial charge < -0.3 is 10.0 Å². The Morgan fingerprint density at radius 3 is 2.55 bits per heavy atom. The Balaban J connectivity index is 2.16. The molecule has 2 aromatic rings. The molecular weight excluding hydrogens is 246 g/mol. The Kier molecular flexibility index (Phi) is 5.23. The van der Waals surface area contributed by atoms with E-state index in [2.05, 4.69) is 60.1 Å². The monoisotopic (exact) mass is 265 g/mol. The summed E-state index contributed by atoms with van der Waals surface area (Å²) in [4.78, 5) is 2.32. The van der Waals surface area contributed by atoms with E-state index in [1.807, 2.05) is 18.2 Å². The van der Waals surface area contributed by atoms with Crippen molar-refractivity contribution in [3.63, 3.8) is 0 Å². The van der Waals surface area contributed by atoms with Crippen molar-refractivity contribution in [1.29, 1.82) is 0 Å². The van der Waals surface area contributed by atoms with E-state index in [0.29, 0.717) is 0 Å². The quantitative estimate of drug-likeness (QED) is 0.859. The molecule has 0 aliphatic carbocycles. The summed E-state index contributed by atoms with van der Waals surface area (Å²) in [5.74, 6) is 5.63. The van der Waals surface area contributed by atoms with Crippen molar-refractivity contribution in [1.82, 2.24) is 0 Å². The minimum absolute atomic E-state index is 0.102. The van der Waals surface area contributed by atoms with E-state index in [1.54, 1.807) is 0 Å². The number of rotatable bonds is 4. The summed E-state index contributed by atoms with van der Waals surface area (Å²) in [5, 5.41) is 8.75. The smallest absolute Gasteiger partial charge is 0.104 e. The maximum atomic E-state index is 8.75. The molecule has 102 valence electrons. The van der Waals surface area contributed by atoms with Gasteiger partial charge in [0.25, 0.3) is 0 Å². The van der Waals surface area contributed by atoms with Gasteiger partial charge in [0.15, 0.2) is 0 Å². The Morgan fingerprint density at radius 1 is 1.05 bits per heavy atom. The highest BCUT2D eigenvalue weighted by atomic mass is 16.2. The van der Waals surface area contributed by atoms with Gasteiger partial charge in [-0.2, -0.15) is 0 Å². The third-order valence-electron chi connectivity index (χ3n) is 3.12. The Morgan fingerprint density at radius 2 is 1.85 bits per heavy atom. The van der Waals surface area contributed by atoms with Crippen LogP contribution in [-0.4, -0.2) is 18.3 Å². The predicted octanol–water partition coefficient (Wildman–Crippen LogP) is 3.06. The van der Waals surface area contributed by atoms with Crippen molar-refractivity contribution in [2.24, 2.45) is 0 Å². The van der Waals surface area contributed by atoms with Crippen molar-refractivity contribution >= 4 is 5.69 Å². The van der Waals surface area contributed by atoms with E-state index in [1.165, 1.54) is 11.3 Å². The molecule has 2 nitrogen and oxygen atoms in total. The van der Waals surface area contributed by atoms with E-state index in [-0.39, 0.29) is 6.61 Å². The molecule has 2 aromatic carbocycles. The van der Waals surface area contributed by atoms with Crippen LogP contribution in [0, 0.1) is 11.8 Å². The molecule has 2 heteroatoms. The lowest BCUT2D eigenvalue weighted by atomic mass is 10.1. The van der Waals surface area contributed by atoms with Gasteiger partial charge in [0.2, 0.25) is 0 Å². The number of hydrogen-bond donors (Lipinski definition) is 1. The molecule has 0 amide bonds. The Bertz CT molecular complexity index is 596. The van der Waals surface area contributed by atoms with E-state index >= 15 is 0 Å². The van der Waals surface area contributed by atoms with Crippen LogP contribution in [-0.2, 0) is 6.54 Å². The summed E-state index contributed by atoms with van der Waals surface area (Å²) in [5.41, 5.74) is 3.39. The molecule has 0 saturated carbocycles. The van der Waals surface area contributed by atoms with Gasteiger partial charge in [-0.15, -0.1) is 0 Å². The van der Waals surface area contributed by atoms with E-state index in [4.69, 9.17) is 5.11 Å². The summed E-state index contributed by atoms with van der Waals surface area (Å²) in [6.45, 7) is 3.86. The molecule has 0 spiro atoms. The molecule has 2 rings (SSSR count). The molecule has 0 atom stereocenters. The van der Waals surface area contributed by atoms with Gasteiger partial charge in [-0.05, 0) is 36.8 Å². The first-order chi connectivity index (χ1) is 9.83. The predicted molar refractivity (Wildman–Crippen MR) is 83.6 cm³/mol. The molecule has 0 fully saturated rings. The Hall–Kier alpha value is -2.24. The van der Waals surface area contributed by atoms with Gasteiger partial charge in [-0.25, -0.2) is 0 Å². The fraction of sp³-hybridized carbons (Fsp3) is 0.222. The van der Waals surface area contributed by atoms with Gasteiger partial charge in [0, 0.05) is 24.3 Å². The zero-order valence-electron chi connectivity index (χ0n) is 11.7. The van der Waals surface area contributed by atoms with Crippen LogP contribution in [0.5, 0.6) is 0 Å². The van der Waals surface area contributed by atoms with E-state index < -0.39 is 0 Å². The summed E-state index contributed by atoms with van der Waals surface area (Å²) >= 11 is 0. The average molecular weight is 265 g/mol. The van der Waals surface area contributed by atoms with Crippen LogP contribution in [0.2, 0.25) is 0 Å². The van der Waals surface area contributed by atoms with E-state index in [0.717, 1.165) is 18.7 Å². The second kappa shape index (κ2) is 7.37. The number of aliphatic hydroxyl groups excluding tert-OH is 1. The average Bonchev–Trinajstić information content (AvgIpc) is 2.52. The van der Waals surface area contributed by atoms with Gasteiger partial charge in [-0.3, -0.25) is 0 Å². The SMILES string of the molecule is CCN(Cc1cccc(C#CCO)c1)c1ccccc1. The zero-order chi connectivity index (χ0) is 14.2. The largest absolute Gasteiger partial charge is 0.384 e. The summed E-state index contributed by atoms with van der Waals surface area (Å²) < 4.78 is 0. The molecule has 0 bridgehead atoms. The molecule has 1 N–H and O–H groups in total. The molecule has 20 heavy (non-hydrogen) atoms. The lowest BCUT2D eigenvalue weighted by Crippen LogP contribution is -2.21. The fourth-order valence-electron chi connectivity index (χ4n) is 2.13. The molecule has 0 radical (unpaired) electrons. The second-order valence-electron chi connectivity index (χ2n) is 4.51. The minimum atomic E-state index is -0.102. The van der Waals surface area contributed by atoms with Crippen LogP contribution >= 0.6 is 0 Å². The van der Waals surface area contributed by atoms with Crippen LogP contribution in [0.1, 0.15) is 18.1 Å². The van der Waals surface area contributed by atoms with E-state index in [9.17, 15) is 0 Å². The highest BCUT2D eigenvalue weighted by Crippen LogP contribution is 2.16. The third kappa shape index (κ3) is 3.88. The first-order valence-electron chi connectivity index (χ1n) is 6.82. The first-order valence-corrected chi connectivity index (χ1v) is 6.82. The maximum Gasteiger partial charge on any atom is 0.104 e. The molecule has 0 aliphatic heterocycles. The number of aliphatic hydroxyl groups is 1. The van der Waals surface area contributed by atoms with Gasteiger partial charge >= 0.3 is 0 Å². The van der Waals surface area contributed by atoms with Gasteiger partial charge in [0.1, 0.15) is 6.61 Å². The molecule has 0 saturated heterocycles. The topological polar surface area (TPSA) is 23.5 Å². The summed E-state index contributed by atoms with van der Waals surface area (Å²) in [6.07, 6.45) is 0. The third-order valence-corrected chi connectivity index (χ3v) is 3.12. The number of hydrogen-bond acceptors (Lipinski definition) is 2. The highest BCUT2D eigenvalue weighted by Gasteiger charge is 2.04. The van der Waals surface area contributed by atoms with Crippen molar-refractivity contribution in [3.8, 4) is 11.8 Å². The number of nitrogens with zero attached hydrogens (tertiary/aromatic N) is 1. The normalized spacial score (nSPS) is 9.70. The highest BCUT2D eigenvalue weighted by molar-refractivity contribution is 5.47. The minimum Gasteiger partial charge on any atom is -0.384 e. The molecule has 0 aliphatic rings. The molecule has 0 heterocycles. The van der Waals surface area contributed by atoms with Crippen LogP contribution < -0.4 is 4.90 Å². The van der Waals surface area contributed by atoms with Crippen molar-refractivity contribution < 1.29 is 5.11 Å². The van der Waals surface area contributed by atoms with Crippen molar-refractivity contribution in [2.75, 3.05) is 18.1 Å². The Labute approximate surface area is 120 Å². The van der Waals surface area contributed by atoms with Crippen LogP contribution in [0.15, 0.2) is 54.6 Å². The van der Waals surface area contributed by atoms with Crippen LogP contribution in [0.3, 0.4) is 0 Å². The fourth-order valence-corrected chi connectivity index (χ4v) is 2.13. The second-order valence-corrected chi connectivity index (χ2v) is 4.51. The van der Waals surface area contributed by atoms with Crippen molar-refractivity contribution in [2.45, 2.75) is 13.5 Å². The first kappa shape index (κ1) is 14.2. The van der Waals surface area contributed by atoms with Gasteiger partial charge in [-0.1, -0.05) is 42.2 Å². The van der Waals surface area contributed by atoms with Crippen LogP contribution in [0.4, 0.5) is 5.69 Å². The summed E-state index contributed by atoms with van der Waals surface area (Å²) in [6, 6.07) is 18.5. The zero-order valence-corrected chi connectivity index (χ0v) is 11.7.